The lowest BCUT2D eigenvalue weighted by Crippen LogP contribution is -2.44. The van der Waals surface area contributed by atoms with E-state index in [2.05, 4.69) is 62.2 Å². The van der Waals surface area contributed by atoms with Crippen molar-refractivity contribution in [1.29, 1.82) is 0 Å². The maximum absolute atomic E-state index is 12.6. The van der Waals surface area contributed by atoms with Crippen LogP contribution in [0.2, 0.25) is 0 Å². The Morgan fingerprint density at radius 3 is 2.27 bits per heavy atom. The lowest BCUT2D eigenvalue weighted by Gasteiger charge is -2.35. The van der Waals surface area contributed by atoms with Crippen molar-refractivity contribution >= 4 is 11.8 Å². The number of ether oxygens (including phenoxy) is 1. The van der Waals surface area contributed by atoms with Crippen molar-refractivity contribution in [2.45, 2.75) is 78.3 Å². The maximum Gasteiger partial charge on any atom is 0.225 e. The van der Waals surface area contributed by atoms with Crippen molar-refractivity contribution in [2.75, 3.05) is 19.6 Å². The summed E-state index contributed by atoms with van der Waals surface area (Å²) in [7, 11) is 0. The third kappa shape index (κ3) is 5.82. The molecule has 0 radical (unpaired) electrons. The van der Waals surface area contributed by atoms with Crippen LogP contribution in [0.3, 0.4) is 0 Å². The van der Waals surface area contributed by atoms with Gasteiger partial charge in [-0.05, 0) is 37.8 Å². The van der Waals surface area contributed by atoms with E-state index in [0.717, 1.165) is 38.0 Å². The number of nitrogens with one attached hydrogen (secondary N) is 1. The predicted molar refractivity (Wildman–Crippen MR) is 118 cm³/mol. The first-order valence-electron chi connectivity index (χ1n) is 11.4. The molecule has 2 aliphatic heterocycles. The van der Waals surface area contributed by atoms with Gasteiger partial charge in [-0.25, -0.2) is 0 Å². The number of likely N-dealkylation sites (tertiary alicyclic amines) is 1. The quantitative estimate of drug-likeness (QED) is 0.709. The van der Waals surface area contributed by atoms with E-state index < -0.39 is 0 Å². The first-order chi connectivity index (χ1) is 14.4. The third-order valence-electron chi connectivity index (χ3n) is 6.30. The molecule has 1 aromatic rings. The van der Waals surface area contributed by atoms with Crippen molar-refractivity contribution in [3.8, 4) is 0 Å². The monoisotopic (exact) mass is 415 g/mol. The zero-order chi connectivity index (χ0) is 21.7. The molecule has 2 amide bonds. The average molecular weight is 416 g/mol. The Labute approximate surface area is 180 Å². The van der Waals surface area contributed by atoms with Gasteiger partial charge in [-0.2, -0.15) is 0 Å². The minimum atomic E-state index is -0.234. The Morgan fingerprint density at radius 1 is 1.07 bits per heavy atom. The van der Waals surface area contributed by atoms with Crippen LogP contribution < -0.4 is 5.32 Å². The molecule has 0 bridgehead atoms. The summed E-state index contributed by atoms with van der Waals surface area (Å²) in [5, 5.41) is 3.02. The topological polar surface area (TPSA) is 61.9 Å². The molecule has 3 atom stereocenters. The van der Waals surface area contributed by atoms with Crippen molar-refractivity contribution in [3.63, 3.8) is 0 Å². The lowest BCUT2D eigenvalue weighted by molar-refractivity contribution is -0.130. The largest absolute Gasteiger partial charge is 0.373 e. The number of carbonyl (C=O) groups is 2. The normalized spacial score (nSPS) is 25.2. The Bertz CT molecular complexity index is 707. The van der Waals surface area contributed by atoms with Crippen LogP contribution in [-0.2, 0) is 27.4 Å². The smallest absolute Gasteiger partial charge is 0.225 e. The van der Waals surface area contributed by atoms with E-state index in [1.165, 1.54) is 5.56 Å². The van der Waals surface area contributed by atoms with E-state index in [0.29, 0.717) is 19.5 Å². The highest BCUT2D eigenvalue weighted by molar-refractivity contribution is 5.89. The summed E-state index contributed by atoms with van der Waals surface area (Å²) >= 11 is 0. The summed E-state index contributed by atoms with van der Waals surface area (Å²) in [4.78, 5) is 29.2. The Hall–Kier alpha value is -1.92. The molecular formula is C24H37N3O3. The van der Waals surface area contributed by atoms with Crippen molar-refractivity contribution in [3.05, 3.63) is 35.4 Å². The van der Waals surface area contributed by atoms with Gasteiger partial charge < -0.3 is 15.0 Å². The maximum atomic E-state index is 12.6. The fourth-order valence-corrected chi connectivity index (χ4v) is 4.76. The second kappa shape index (κ2) is 10.4. The highest BCUT2D eigenvalue weighted by atomic mass is 16.5. The number of benzene rings is 1. The number of carbonyl (C=O) groups excluding carboxylic acids is 2. The molecule has 0 spiro atoms. The second-order valence-electron chi connectivity index (χ2n) is 8.90. The molecule has 2 fully saturated rings. The van der Waals surface area contributed by atoms with Crippen molar-refractivity contribution in [1.82, 2.24) is 15.1 Å². The molecule has 0 aliphatic carbocycles. The molecule has 0 aromatic heterocycles. The molecule has 3 unspecified atom stereocenters. The molecule has 1 N–H and O–H groups in total. The van der Waals surface area contributed by atoms with E-state index in [4.69, 9.17) is 4.74 Å². The number of morpholine rings is 1. The zero-order valence-electron chi connectivity index (χ0n) is 18.9. The number of amides is 2. The number of hydrogen-bond donors (Lipinski definition) is 1. The van der Waals surface area contributed by atoms with Crippen LogP contribution >= 0.6 is 0 Å². The van der Waals surface area contributed by atoms with Crippen molar-refractivity contribution in [2.24, 2.45) is 5.92 Å². The van der Waals surface area contributed by atoms with Gasteiger partial charge in [0.2, 0.25) is 11.8 Å². The van der Waals surface area contributed by atoms with E-state index >= 15 is 0 Å². The molecule has 6 nitrogen and oxygen atoms in total. The lowest BCUT2D eigenvalue weighted by atomic mass is 10.1. The SMILES string of the molecule is CCC(CC)N1CC(C(=O)NCc2ccc(CN3CC(C)OC(C)C3)cc2)CC1=O. The van der Waals surface area contributed by atoms with Gasteiger partial charge in [0.1, 0.15) is 0 Å². The average Bonchev–Trinajstić information content (AvgIpc) is 3.09. The highest BCUT2D eigenvalue weighted by Crippen LogP contribution is 2.23. The van der Waals surface area contributed by atoms with Gasteiger partial charge in [0, 0.05) is 45.2 Å². The van der Waals surface area contributed by atoms with Gasteiger partial charge in [0.15, 0.2) is 0 Å². The standard InChI is InChI=1S/C24H37N3O3/c1-5-22(6-2)27-16-21(11-23(27)28)24(29)25-12-19-7-9-20(10-8-19)15-26-13-17(3)30-18(4)14-26/h7-10,17-18,21-22H,5-6,11-16H2,1-4H3,(H,25,29). The fraction of sp³-hybridized carbons (Fsp3) is 0.667. The highest BCUT2D eigenvalue weighted by Gasteiger charge is 2.36. The summed E-state index contributed by atoms with van der Waals surface area (Å²) in [6, 6.07) is 8.69. The van der Waals surface area contributed by atoms with Gasteiger partial charge in [-0.3, -0.25) is 14.5 Å². The van der Waals surface area contributed by atoms with Crippen LogP contribution in [0.1, 0.15) is 58.1 Å². The first-order valence-corrected chi connectivity index (χ1v) is 11.4. The minimum Gasteiger partial charge on any atom is -0.373 e. The zero-order valence-corrected chi connectivity index (χ0v) is 18.9. The summed E-state index contributed by atoms with van der Waals surface area (Å²) in [5.74, 6) is -0.139. The van der Waals surface area contributed by atoms with E-state index in [9.17, 15) is 9.59 Å². The molecular weight excluding hydrogens is 378 g/mol. The van der Waals surface area contributed by atoms with Crippen LogP contribution in [0.4, 0.5) is 0 Å². The molecule has 1 aromatic carbocycles. The van der Waals surface area contributed by atoms with Crippen LogP contribution in [0.5, 0.6) is 0 Å². The number of rotatable bonds is 8. The van der Waals surface area contributed by atoms with Gasteiger partial charge in [-0.15, -0.1) is 0 Å². The van der Waals surface area contributed by atoms with E-state index in [1.54, 1.807) is 0 Å². The second-order valence-corrected chi connectivity index (χ2v) is 8.90. The summed E-state index contributed by atoms with van der Waals surface area (Å²) in [6.07, 6.45) is 2.74. The van der Waals surface area contributed by atoms with Gasteiger partial charge in [0.25, 0.3) is 0 Å². The Morgan fingerprint density at radius 2 is 1.67 bits per heavy atom. The molecule has 6 heteroatoms. The Balaban J connectivity index is 1.47. The fourth-order valence-electron chi connectivity index (χ4n) is 4.76. The molecule has 2 heterocycles. The van der Waals surface area contributed by atoms with E-state index in [1.807, 2.05) is 4.90 Å². The predicted octanol–water partition coefficient (Wildman–Crippen LogP) is 2.95. The van der Waals surface area contributed by atoms with E-state index in [-0.39, 0.29) is 36.0 Å². The molecule has 166 valence electrons. The number of hydrogen-bond acceptors (Lipinski definition) is 4. The van der Waals surface area contributed by atoms with Crippen LogP contribution in [0.25, 0.3) is 0 Å². The summed E-state index contributed by atoms with van der Waals surface area (Å²) in [5.41, 5.74) is 2.35. The van der Waals surface area contributed by atoms with Crippen LogP contribution in [0.15, 0.2) is 24.3 Å². The summed E-state index contributed by atoms with van der Waals surface area (Å²) < 4.78 is 5.80. The van der Waals surface area contributed by atoms with Gasteiger partial charge >= 0.3 is 0 Å². The molecule has 2 aliphatic rings. The number of nitrogens with zero attached hydrogens (tertiary/aromatic N) is 2. The summed E-state index contributed by atoms with van der Waals surface area (Å²) in [6.45, 7) is 12.3. The third-order valence-corrected chi connectivity index (χ3v) is 6.30. The van der Waals surface area contributed by atoms with Crippen molar-refractivity contribution < 1.29 is 14.3 Å². The minimum absolute atomic E-state index is 0.0165. The molecule has 30 heavy (non-hydrogen) atoms. The molecule has 0 saturated carbocycles. The van der Waals surface area contributed by atoms with Gasteiger partial charge in [0.05, 0.1) is 18.1 Å². The molecule has 3 rings (SSSR count). The molecule has 2 saturated heterocycles. The first kappa shape index (κ1) is 22.8. The van der Waals surface area contributed by atoms with Gasteiger partial charge in [-0.1, -0.05) is 38.1 Å². The van der Waals surface area contributed by atoms with Crippen LogP contribution in [-0.4, -0.2) is 59.5 Å². The van der Waals surface area contributed by atoms with Crippen LogP contribution in [0, 0.1) is 5.92 Å². The Kier molecular flexibility index (Phi) is 7.89.